The number of carbonyl (C=O) groups excluding carboxylic acids is 1. The van der Waals surface area contributed by atoms with Gasteiger partial charge in [-0.3, -0.25) is 24.6 Å². The molecule has 28 heavy (non-hydrogen) atoms. The summed E-state index contributed by atoms with van der Waals surface area (Å²) in [5, 5.41) is 2.21. The van der Waals surface area contributed by atoms with Gasteiger partial charge in [-0.2, -0.15) is 0 Å². The number of Topliss-reactive ketones (excluding diaryl/α,β-unsaturated/α-hetero) is 1. The molecule has 1 aliphatic heterocycles. The van der Waals surface area contributed by atoms with Crippen molar-refractivity contribution in [2.45, 2.75) is 26.3 Å². The van der Waals surface area contributed by atoms with Gasteiger partial charge in [-0.1, -0.05) is 12.1 Å². The van der Waals surface area contributed by atoms with Crippen LogP contribution in [0.1, 0.15) is 19.5 Å². The first kappa shape index (κ1) is 19.2. The Morgan fingerprint density at radius 2 is 1.93 bits per heavy atom. The standard InChI is InChI=1S/C22H26N4OS/c1-16(2)26-7-5-25(6-8-26)14-21(27)11-20-10-19-9-17(22-13-23-15-28-22)3-4-18(19)12-24-20/h3-4,9-10,12-13,15-16H,5-8,11,14H2,1-2H3. The van der Waals surface area contributed by atoms with E-state index in [0.29, 0.717) is 19.0 Å². The summed E-state index contributed by atoms with van der Waals surface area (Å²) < 4.78 is 0. The fraction of sp³-hybridized carbons (Fsp3) is 0.409. The van der Waals surface area contributed by atoms with Crippen LogP contribution in [0.5, 0.6) is 0 Å². The Balaban J connectivity index is 1.41. The quantitative estimate of drug-likeness (QED) is 0.640. The minimum absolute atomic E-state index is 0.239. The van der Waals surface area contributed by atoms with E-state index in [1.54, 1.807) is 11.3 Å². The number of aromatic nitrogens is 2. The second-order valence-corrected chi connectivity index (χ2v) is 8.61. The highest BCUT2D eigenvalue weighted by Crippen LogP contribution is 2.27. The maximum atomic E-state index is 12.6. The summed E-state index contributed by atoms with van der Waals surface area (Å²) >= 11 is 1.63. The molecule has 0 radical (unpaired) electrons. The van der Waals surface area contributed by atoms with Crippen LogP contribution in [-0.2, 0) is 11.2 Å². The smallest absolute Gasteiger partial charge is 0.152 e. The van der Waals surface area contributed by atoms with Crippen LogP contribution in [0.2, 0.25) is 0 Å². The Morgan fingerprint density at radius 1 is 1.11 bits per heavy atom. The molecule has 0 N–H and O–H groups in total. The minimum Gasteiger partial charge on any atom is -0.298 e. The first-order valence-corrected chi connectivity index (χ1v) is 10.7. The molecule has 0 bridgehead atoms. The van der Waals surface area contributed by atoms with Crippen LogP contribution in [0.15, 0.2) is 42.2 Å². The van der Waals surface area contributed by atoms with Crippen molar-refractivity contribution >= 4 is 27.9 Å². The third kappa shape index (κ3) is 4.46. The van der Waals surface area contributed by atoms with E-state index in [1.807, 2.05) is 17.9 Å². The van der Waals surface area contributed by atoms with Crippen molar-refractivity contribution in [1.82, 2.24) is 19.8 Å². The molecule has 0 atom stereocenters. The SMILES string of the molecule is CC(C)N1CCN(CC(=O)Cc2cc3cc(-c4cncs4)ccc3cn2)CC1. The summed E-state index contributed by atoms with van der Waals surface area (Å²) in [4.78, 5) is 27.1. The number of ketones is 1. The molecule has 146 valence electrons. The fourth-order valence-corrected chi connectivity index (χ4v) is 4.36. The Bertz CT molecular complexity index is 946. The number of hydrogen-bond acceptors (Lipinski definition) is 6. The van der Waals surface area contributed by atoms with Gasteiger partial charge in [-0.05, 0) is 36.9 Å². The van der Waals surface area contributed by atoms with Crippen molar-refractivity contribution in [2.24, 2.45) is 0 Å². The second kappa shape index (κ2) is 8.47. The zero-order valence-electron chi connectivity index (χ0n) is 16.5. The molecule has 1 saturated heterocycles. The van der Waals surface area contributed by atoms with Crippen molar-refractivity contribution in [1.29, 1.82) is 0 Å². The summed E-state index contributed by atoms with van der Waals surface area (Å²) in [6.07, 6.45) is 4.15. The predicted octanol–water partition coefficient (Wildman–Crippen LogP) is 3.50. The van der Waals surface area contributed by atoms with Gasteiger partial charge in [0.2, 0.25) is 0 Å². The molecule has 1 aromatic carbocycles. The zero-order chi connectivity index (χ0) is 19.5. The highest BCUT2D eigenvalue weighted by molar-refractivity contribution is 7.13. The molecule has 0 spiro atoms. The minimum atomic E-state index is 0.239. The van der Waals surface area contributed by atoms with Crippen LogP contribution in [-0.4, -0.2) is 64.3 Å². The number of thiazole rings is 1. The highest BCUT2D eigenvalue weighted by Gasteiger charge is 2.20. The van der Waals surface area contributed by atoms with Gasteiger partial charge in [-0.25, -0.2) is 0 Å². The number of rotatable bonds is 6. The number of hydrogen-bond donors (Lipinski definition) is 0. The predicted molar refractivity (Wildman–Crippen MR) is 115 cm³/mol. The van der Waals surface area contributed by atoms with Crippen LogP contribution in [0, 0.1) is 0 Å². The van der Waals surface area contributed by atoms with Crippen LogP contribution in [0.25, 0.3) is 21.2 Å². The van der Waals surface area contributed by atoms with Gasteiger partial charge >= 0.3 is 0 Å². The van der Waals surface area contributed by atoms with E-state index in [2.05, 4.69) is 57.9 Å². The molecule has 2 aromatic heterocycles. The zero-order valence-corrected chi connectivity index (χ0v) is 17.3. The first-order chi connectivity index (χ1) is 13.6. The Kier molecular flexibility index (Phi) is 5.80. The van der Waals surface area contributed by atoms with Crippen LogP contribution in [0.3, 0.4) is 0 Å². The van der Waals surface area contributed by atoms with Crippen LogP contribution < -0.4 is 0 Å². The van der Waals surface area contributed by atoms with E-state index in [0.717, 1.165) is 53.1 Å². The maximum absolute atomic E-state index is 12.6. The van der Waals surface area contributed by atoms with Crippen molar-refractivity contribution < 1.29 is 4.79 Å². The van der Waals surface area contributed by atoms with E-state index in [4.69, 9.17) is 0 Å². The Hall–Kier alpha value is -2.15. The summed E-state index contributed by atoms with van der Waals surface area (Å²) in [5.74, 6) is 0.239. The van der Waals surface area contributed by atoms with Crippen molar-refractivity contribution in [3.8, 4) is 10.4 Å². The third-order valence-electron chi connectivity index (χ3n) is 5.41. The van der Waals surface area contributed by atoms with Crippen LogP contribution >= 0.6 is 11.3 Å². The summed E-state index contributed by atoms with van der Waals surface area (Å²) in [6, 6.07) is 8.96. The van der Waals surface area contributed by atoms with Gasteiger partial charge in [0.1, 0.15) is 0 Å². The number of nitrogens with zero attached hydrogens (tertiary/aromatic N) is 4. The number of carbonyl (C=O) groups is 1. The van der Waals surface area contributed by atoms with Gasteiger partial charge < -0.3 is 0 Å². The van der Waals surface area contributed by atoms with Crippen molar-refractivity contribution in [3.63, 3.8) is 0 Å². The maximum Gasteiger partial charge on any atom is 0.152 e. The molecule has 5 nitrogen and oxygen atoms in total. The lowest BCUT2D eigenvalue weighted by molar-refractivity contribution is -0.120. The van der Waals surface area contributed by atoms with Gasteiger partial charge in [0, 0.05) is 55.7 Å². The second-order valence-electron chi connectivity index (χ2n) is 7.72. The monoisotopic (exact) mass is 394 g/mol. The lowest BCUT2D eigenvalue weighted by atomic mass is 10.1. The molecule has 4 rings (SSSR count). The molecular weight excluding hydrogens is 368 g/mol. The average molecular weight is 395 g/mol. The fourth-order valence-electron chi connectivity index (χ4n) is 3.74. The molecule has 0 unspecified atom stereocenters. The van der Waals surface area contributed by atoms with E-state index in [-0.39, 0.29) is 5.78 Å². The Morgan fingerprint density at radius 3 is 2.64 bits per heavy atom. The Labute approximate surface area is 170 Å². The third-order valence-corrected chi connectivity index (χ3v) is 6.23. The molecule has 1 fully saturated rings. The average Bonchev–Trinajstić information content (AvgIpc) is 3.22. The van der Waals surface area contributed by atoms with Gasteiger partial charge in [0.25, 0.3) is 0 Å². The molecule has 0 aliphatic carbocycles. The normalized spacial score (nSPS) is 16.1. The van der Waals surface area contributed by atoms with Gasteiger partial charge in [0.15, 0.2) is 5.78 Å². The number of pyridine rings is 1. The van der Waals surface area contributed by atoms with Crippen LogP contribution in [0.4, 0.5) is 0 Å². The van der Waals surface area contributed by atoms with E-state index in [9.17, 15) is 4.79 Å². The molecule has 0 amide bonds. The molecule has 3 aromatic rings. The van der Waals surface area contributed by atoms with Gasteiger partial charge in [-0.15, -0.1) is 11.3 Å². The van der Waals surface area contributed by atoms with Gasteiger partial charge in [0.05, 0.1) is 23.4 Å². The number of fused-ring (bicyclic) bond motifs is 1. The largest absolute Gasteiger partial charge is 0.298 e. The summed E-state index contributed by atoms with van der Waals surface area (Å²) in [7, 11) is 0. The molecule has 1 aliphatic rings. The molecule has 3 heterocycles. The summed E-state index contributed by atoms with van der Waals surface area (Å²) in [5.41, 5.74) is 3.85. The number of benzene rings is 1. The topological polar surface area (TPSA) is 49.3 Å². The van der Waals surface area contributed by atoms with E-state index in [1.165, 1.54) is 0 Å². The highest BCUT2D eigenvalue weighted by atomic mass is 32.1. The molecule has 0 saturated carbocycles. The summed E-state index contributed by atoms with van der Waals surface area (Å²) in [6.45, 7) is 8.99. The van der Waals surface area contributed by atoms with Crippen molar-refractivity contribution in [3.05, 3.63) is 47.9 Å². The number of piperazine rings is 1. The first-order valence-electron chi connectivity index (χ1n) is 9.84. The van der Waals surface area contributed by atoms with E-state index < -0.39 is 0 Å². The van der Waals surface area contributed by atoms with Crippen molar-refractivity contribution in [2.75, 3.05) is 32.7 Å². The van der Waals surface area contributed by atoms with E-state index >= 15 is 0 Å². The lowest BCUT2D eigenvalue weighted by Crippen LogP contribution is -2.50. The molecule has 6 heteroatoms. The lowest BCUT2D eigenvalue weighted by Gasteiger charge is -2.36. The molecular formula is C22H26N4OS.